The summed E-state index contributed by atoms with van der Waals surface area (Å²) < 4.78 is 10.8. The van der Waals surface area contributed by atoms with Crippen LogP contribution in [-0.4, -0.2) is 19.1 Å². The normalized spacial score (nSPS) is 11.6. The van der Waals surface area contributed by atoms with Crippen LogP contribution in [0.1, 0.15) is 18.1 Å². The molecule has 0 aliphatic rings. The van der Waals surface area contributed by atoms with Crippen LogP contribution in [0.2, 0.25) is 0 Å². The number of hydrogen-bond donors (Lipinski definition) is 1. The zero-order chi connectivity index (χ0) is 16.1. The highest BCUT2D eigenvalue weighted by Crippen LogP contribution is 2.21. The molecular formula is C18H21NO3. The van der Waals surface area contributed by atoms with Crippen LogP contribution in [0.15, 0.2) is 42.5 Å². The van der Waals surface area contributed by atoms with Crippen molar-refractivity contribution >= 4 is 11.6 Å². The van der Waals surface area contributed by atoms with Crippen LogP contribution in [0.3, 0.4) is 0 Å². The van der Waals surface area contributed by atoms with Crippen LogP contribution < -0.4 is 14.8 Å². The Bertz CT molecular complexity index is 650. The van der Waals surface area contributed by atoms with Crippen molar-refractivity contribution < 1.29 is 14.3 Å². The van der Waals surface area contributed by atoms with Gasteiger partial charge in [0, 0.05) is 5.69 Å². The zero-order valence-corrected chi connectivity index (χ0v) is 13.3. The van der Waals surface area contributed by atoms with Gasteiger partial charge in [-0.3, -0.25) is 4.79 Å². The second kappa shape index (κ2) is 6.98. The van der Waals surface area contributed by atoms with Gasteiger partial charge in [0.2, 0.25) is 0 Å². The fourth-order valence-corrected chi connectivity index (χ4v) is 2.09. The number of nitrogens with one attached hydrogen (secondary N) is 1. The van der Waals surface area contributed by atoms with Gasteiger partial charge in [-0.2, -0.15) is 0 Å². The number of carbonyl (C=O) groups is 1. The summed E-state index contributed by atoms with van der Waals surface area (Å²) in [6.07, 6.45) is -0.580. The first kappa shape index (κ1) is 15.9. The van der Waals surface area contributed by atoms with E-state index in [-0.39, 0.29) is 5.91 Å². The van der Waals surface area contributed by atoms with Gasteiger partial charge in [0.15, 0.2) is 6.10 Å². The molecule has 0 aliphatic carbocycles. The maximum absolute atomic E-state index is 12.2. The van der Waals surface area contributed by atoms with Gasteiger partial charge in [0.25, 0.3) is 5.91 Å². The Morgan fingerprint density at radius 1 is 1.09 bits per heavy atom. The monoisotopic (exact) mass is 299 g/mol. The fourth-order valence-electron chi connectivity index (χ4n) is 2.09. The maximum Gasteiger partial charge on any atom is 0.265 e. The predicted octanol–water partition coefficient (Wildman–Crippen LogP) is 3.72. The molecule has 0 fully saturated rings. The largest absolute Gasteiger partial charge is 0.497 e. The van der Waals surface area contributed by atoms with Crippen molar-refractivity contribution in [2.24, 2.45) is 0 Å². The molecule has 1 N–H and O–H groups in total. The summed E-state index contributed by atoms with van der Waals surface area (Å²) in [4.78, 5) is 12.2. The molecule has 0 unspecified atom stereocenters. The van der Waals surface area contributed by atoms with E-state index in [1.165, 1.54) is 5.56 Å². The molecule has 0 heterocycles. The number of benzene rings is 2. The van der Waals surface area contributed by atoms with E-state index in [2.05, 4.69) is 5.32 Å². The minimum atomic E-state index is -0.580. The number of anilines is 1. The molecule has 0 radical (unpaired) electrons. The van der Waals surface area contributed by atoms with Crippen LogP contribution in [0.5, 0.6) is 11.5 Å². The minimum Gasteiger partial charge on any atom is -0.497 e. The van der Waals surface area contributed by atoms with Crippen molar-refractivity contribution in [1.82, 2.24) is 0 Å². The molecule has 116 valence electrons. The van der Waals surface area contributed by atoms with Gasteiger partial charge in [0.05, 0.1) is 7.11 Å². The number of hydrogen-bond acceptors (Lipinski definition) is 3. The summed E-state index contributed by atoms with van der Waals surface area (Å²) >= 11 is 0. The summed E-state index contributed by atoms with van der Waals surface area (Å²) in [5.41, 5.74) is 2.89. The lowest BCUT2D eigenvalue weighted by Crippen LogP contribution is -2.30. The summed E-state index contributed by atoms with van der Waals surface area (Å²) in [6.45, 7) is 5.73. The lowest BCUT2D eigenvalue weighted by molar-refractivity contribution is -0.122. The lowest BCUT2D eigenvalue weighted by Gasteiger charge is -2.16. The highest BCUT2D eigenvalue weighted by Gasteiger charge is 2.15. The Balaban J connectivity index is 1.99. The van der Waals surface area contributed by atoms with Crippen molar-refractivity contribution in [1.29, 1.82) is 0 Å². The molecule has 0 aromatic heterocycles. The summed E-state index contributed by atoms with van der Waals surface area (Å²) in [5, 5.41) is 2.82. The Hall–Kier alpha value is -2.49. The number of amides is 1. The number of ether oxygens (including phenoxy) is 2. The quantitative estimate of drug-likeness (QED) is 0.915. The maximum atomic E-state index is 12.2. The number of rotatable bonds is 5. The van der Waals surface area contributed by atoms with Crippen LogP contribution in [-0.2, 0) is 4.79 Å². The zero-order valence-electron chi connectivity index (χ0n) is 13.3. The average Bonchev–Trinajstić information content (AvgIpc) is 2.50. The van der Waals surface area contributed by atoms with Gasteiger partial charge in [-0.15, -0.1) is 0 Å². The molecule has 2 rings (SSSR count). The van der Waals surface area contributed by atoms with Gasteiger partial charge in [-0.1, -0.05) is 17.7 Å². The predicted molar refractivity (Wildman–Crippen MR) is 87.6 cm³/mol. The Morgan fingerprint density at radius 3 is 2.36 bits per heavy atom. The second-order valence-corrected chi connectivity index (χ2v) is 5.25. The first-order valence-electron chi connectivity index (χ1n) is 7.18. The molecular weight excluding hydrogens is 278 g/mol. The highest BCUT2D eigenvalue weighted by molar-refractivity contribution is 5.94. The van der Waals surface area contributed by atoms with Crippen LogP contribution in [0, 0.1) is 13.8 Å². The van der Waals surface area contributed by atoms with Crippen molar-refractivity contribution in [3.63, 3.8) is 0 Å². The third-order valence-corrected chi connectivity index (χ3v) is 3.36. The van der Waals surface area contributed by atoms with Crippen LogP contribution in [0.25, 0.3) is 0 Å². The molecule has 22 heavy (non-hydrogen) atoms. The molecule has 0 saturated heterocycles. The third-order valence-electron chi connectivity index (χ3n) is 3.36. The molecule has 1 amide bonds. The van der Waals surface area contributed by atoms with Gasteiger partial charge in [-0.25, -0.2) is 0 Å². The minimum absolute atomic E-state index is 0.190. The Morgan fingerprint density at radius 2 is 1.77 bits per heavy atom. The first-order chi connectivity index (χ1) is 10.5. The van der Waals surface area contributed by atoms with E-state index in [1.54, 1.807) is 38.3 Å². The van der Waals surface area contributed by atoms with Crippen LogP contribution in [0.4, 0.5) is 5.69 Å². The molecule has 2 aromatic carbocycles. The van der Waals surface area contributed by atoms with Crippen molar-refractivity contribution in [3.8, 4) is 11.5 Å². The summed E-state index contributed by atoms with van der Waals surface area (Å²) in [5.74, 6) is 1.28. The van der Waals surface area contributed by atoms with E-state index in [0.29, 0.717) is 5.69 Å². The van der Waals surface area contributed by atoms with Crippen LogP contribution >= 0.6 is 0 Å². The van der Waals surface area contributed by atoms with E-state index in [4.69, 9.17) is 9.47 Å². The third kappa shape index (κ3) is 4.01. The molecule has 0 aliphatic heterocycles. The fraction of sp³-hybridized carbons (Fsp3) is 0.278. The van der Waals surface area contributed by atoms with Gasteiger partial charge in [-0.05, 0) is 56.7 Å². The number of aryl methyl sites for hydroxylation is 2. The Labute approximate surface area is 131 Å². The average molecular weight is 299 g/mol. The lowest BCUT2D eigenvalue weighted by atomic mass is 10.1. The second-order valence-electron chi connectivity index (χ2n) is 5.25. The Kier molecular flexibility index (Phi) is 5.04. The smallest absolute Gasteiger partial charge is 0.265 e. The SMILES string of the molecule is COc1ccc(NC(=O)[C@@H](C)Oc2ccc(C)cc2C)cc1. The molecule has 0 spiro atoms. The number of methoxy groups -OCH3 is 1. The van der Waals surface area contributed by atoms with Crippen molar-refractivity contribution in [2.75, 3.05) is 12.4 Å². The van der Waals surface area contributed by atoms with Gasteiger partial charge in [0.1, 0.15) is 11.5 Å². The molecule has 4 heteroatoms. The van der Waals surface area contributed by atoms with Crippen molar-refractivity contribution in [3.05, 3.63) is 53.6 Å². The van der Waals surface area contributed by atoms with E-state index in [1.807, 2.05) is 32.0 Å². The van der Waals surface area contributed by atoms with E-state index in [0.717, 1.165) is 17.1 Å². The summed E-state index contributed by atoms with van der Waals surface area (Å²) in [6, 6.07) is 13.1. The van der Waals surface area contributed by atoms with E-state index < -0.39 is 6.10 Å². The topological polar surface area (TPSA) is 47.6 Å². The van der Waals surface area contributed by atoms with E-state index >= 15 is 0 Å². The highest BCUT2D eigenvalue weighted by atomic mass is 16.5. The molecule has 1 atom stereocenters. The van der Waals surface area contributed by atoms with E-state index in [9.17, 15) is 4.79 Å². The summed E-state index contributed by atoms with van der Waals surface area (Å²) in [7, 11) is 1.60. The number of carbonyl (C=O) groups excluding carboxylic acids is 1. The van der Waals surface area contributed by atoms with Crippen molar-refractivity contribution in [2.45, 2.75) is 26.9 Å². The van der Waals surface area contributed by atoms with Gasteiger partial charge >= 0.3 is 0 Å². The van der Waals surface area contributed by atoms with Gasteiger partial charge < -0.3 is 14.8 Å². The molecule has 2 aromatic rings. The standard InChI is InChI=1S/C18H21NO3/c1-12-5-10-17(13(2)11-12)22-14(3)18(20)19-15-6-8-16(21-4)9-7-15/h5-11,14H,1-4H3,(H,19,20)/t14-/m1/s1. The molecule has 0 bridgehead atoms. The molecule has 0 saturated carbocycles. The first-order valence-corrected chi connectivity index (χ1v) is 7.18. The molecule has 4 nitrogen and oxygen atoms in total.